The lowest BCUT2D eigenvalue weighted by Crippen LogP contribution is -2.30. The summed E-state index contributed by atoms with van der Waals surface area (Å²) in [6, 6.07) is 24.6. The maximum Gasteiger partial charge on any atom is 0.324 e. The zero-order valence-electron chi connectivity index (χ0n) is 30.0. The highest BCUT2D eigenvalue weighted by Crippen LogP contribution is 2.33. The van der Waals surface area contributed by atoms with Crippen molar-refractivity contribution in [1.82, 2.24) is 29.6 Å². The van der Waals surface area contributed by atoms with Gasteiger partial charge >= 0.3 is 6.03 Å². The number of β-amino-alcohol motifs (C(OH)–C–C–N with tert-alkyl or cyclic N) is 1. The first-order valence-electron chi connectivity index (χ1n) is 17.4. The molecule has 13 nitrogen and oxygen atoms in total. The number of amides is 3. The van der Waals surface area contributed by atoms with Gasteiger partial charge in [0.15, 0.2) is 0 Å². The SMILES string of the molecule is Cc1cccc(-n2nc(C(C)(C)C)cc2NC(=O)Nc2ccc(OCc3ccnc(Nc4cnc(C(=O)N5CC[C@@H](O)C5)cn4)c3)c3ccccc23)c1. The van der Waals surface area contributed by atoms with Crippen LogP contribution in [0.3, 0.4) is 0 Å². The second-order valence-electron chi connectivity index (χ2n) is 14.1. The molecule has 4 N–H and O–H groups in total. The fourth-order valence-electron chi connectivity index (χ4n) is 6.09. The van der Waals surface area contributed by atoms with E-state index in [1.807, 2.05) is 85.8 Å². The summed E-state index contributed by atoms with van der Waals surface area (Å²) in [5.41, 5.74) is 4.30. The molecule has 1 aliphatic rings. The first-order valence-corrected chi connectivity index (χ1v) is 17.4. The molecule has 270 valence electrons. The molecule has 1 atom stereocenters. The molecule has 0 aliphatic carbocycles. The number of carbonyl (C=O) groups is 2. The Kier molecular flexibility index (Phi) is 9.74. The molecule has 13 heteroatoms. The number of pyridine rings is 1. The first kappa shape index (κ1) is 35.1. The van der Waals surface area contributed by atoms with Gasteiger partial charge in [-0.15, -0.1) is 0 Å². The van der Waals surface area contributed by atoms with Crippen molar-refractivity contribution in [1.29, 1.82) is 0 Å². The van der Waals surface area contributed by atoms with Gasteiger partial charge in [0.1, 0.15) is 35.5 Å². The predicted molar refractivity (Wildman–Crippen MR) is 204 cm³/mol. The second kappa shape index (κ2) is 14.7. The number of hydrogen-bond donors (Lipinski definition) is 4. The van der Waals surface area contributed by atoms with Crippen molar-refractivity contribution in [2.24, 2.45) is 0 Å². The summed E-state index contributed by atoms with van der Waals surface area (Å²) in [7, 11) is 0. The molecule has 1 aliphatic heterocycles. The number of fused-ring (bicyclic) bond motifs is 1. The number of aliphatic hydroxyl groups is 1. The van der Waals surface area contributed by atoms with Crippen LogP contribution < -0.4 is 20.7 Å². The van der Waals surface area contributed by atoms with Gasteiger partial charge in [0.25, 0.3) is 5.91 Å². The minimum atomic E-state index is -0.501. The number of benzene rings is 3. The molecular formula is C40H41N9O4. The van der Waals surface area contributed by atoms with Gasteiger partial charge in [0, 0.05) is 41.5 Å². The third-order valence-corrected chi connectivity index (χ3v) is 8.89. The summed E-state index contributed by atoms with van der Waals surface area (Å²) < 4.78 is 8.05. The Bertz CT molecular complexity index is 2280. The summed E-state index contributed by atoms with van der Waals surface area (Å²) >= 11 is 0. The van der Waals surface area contributed by atoms with Crippen molar-refractivity contribution < 1.29 is 19.4 Å². The quantitative estimate of drug-likeness (QED) is 0.124. The van der Waals surface area contributed by atoms with Crippen LogP contribution in [0.15, 0.2) is 97.5 Å². The summed E-state index contributed by atoms with van der Waals surface area (Å²) in [5, 5.41) is 25.4. The third kappa shape index (κ3) is 8.10. The number of carbonyl (C=O) groups excluding carboxylic acids is 2. The topological polar surface area (TPSA) is 159 Å². The third-order valence-electron chi connectivity index (χ3n) is 8.89. The van der Waals surface area contributed by atoms with E-state index in [1.165, 1.54) is 12.4 Å². The van der Waals surface area contributed by atoms with Crippen LogP contribution in [0, 0.1) is 6.92 Å². The minimum Gasteiger partial charge on any atom is -0.488 e. The van der Waals surface area contributed by atoms with Crippen LogP contribution in [0.4, 0.5) is 27.9 Å². The number of anilines is 4. The van der Waals surface area contributed by atoms with Crippen LogP contribution in [-0.4, -0.2) is 65.9 Å². The Balaban J connectivity index is 1.02. The smallest absolute Gasteiger partial charge is 0.324 e. The van der Waals surface area contributed by atoms with E-state index in [4.69, 9.17) is 9.84 Å². The zero-order chi connectivity index (χ0) is 37.1. The lowest BCUT2D eigenvalue weighted by atomic mass is 9.92. The molecule has 0 radical (unpaired) electrons. The number of aliphatic hydroxyl groups excluding tert-OH is 1. The molecule has 1 fully saturated rings. The molecule has 4 heterocycles. The van der Waals surface area contributed by atoms with E-state index in [-0.39, 0.29) is 23.6 Å². The van der Waals surface area contributed by atoms with Gasteiger partial charge in [-0.1, -0.05) is 57.2 Å². The van der Waals surface area contributed by atoms with Crippen LogP contribution in [-0.2, 0) is 12.0 Å². The van der Waals surface area contributed by atoms with Crippen LogP contribution in [0.25, 0.3) is 16.5 Å². The van der Waals surface area contributed by atoms with Crippen molar-refractivity contribution in [3.63, 3.8) is 0 Å². The van der Waals surface area contributed by atoms with Gasteiger partial charge in [-0.25, -0.2) is 24.4 Å². The number of nitrogens with one attached hydrogen (secondary N) is 3. The van der Waals surface area contributed by atoms with Crippen LogP contribution >= 0.6 is 0 Å². The maximum atomic E-state index is 13.5. The van der Waals surface area contributed by atoms with E-state index in [0.717, 1.165) is 33.3 Å². The number of ether oxygens (including phenoxy) is 1. The van der Waals surface area contributed by atoms with Crippen molar-refractivity contribution >= 4 is 45.9 Å². The second-order valence-corrected chi connectivity index (χ2v) is 14.1. The van der Waals surface area contributed by atoms with Gasteiger partial charge in [0.05, 0.1) is 35.6 Å². The molecule has 1 saturated heterocycles. The number of aromatic nitrogens is 5. The molecule has 6 aromatic rings. The highest BCUT2D eigenvalue weighted by Gasteiger charge is 2.26. The lowest BCUT2D eigenvalue weighted by molar-refractivity contribution is 0.0759. The Morgan fingerprint density at radius 3 is 2.47 bits per heavy atom. The van der Waals surface area contributed by atoms with Crippen LogP contribution in [0.2, 0.25) is 0 Å². The summed E-state index contributed by atoms with van der Waals surface area (Å²) in [6.07, 6.45) is 4.63. The van der Waals surface area contributed by atoms with E-state index in [1.54, 1.807) is 15.8 Å². The zero-order valence-corrected chi connectivity index (χ0v) is 30.0. The standard InChI is InChI=1S/C40H41N9O4/c1-25-8-7-9-27(18-25)49-37(20-34(47-49)40(2,3)4)46-39(52)44-31-12-13-33(30-11-6-5-10-29(30)31)53-24-26-14-16-41-35(19-26)45-36-22-42-32(21-43-36)38(51)48-17-15-28(50)23-48/h5-14,16,18-22,28,50H,15,17,23-24H2,1-4H3,(H,41,43,45)(H2,44,46,52)/t28-/m1/s1. The monoisotopic (exact) mass is 711 g/mol. The van der Waals surface area contributed by atoms with Crippen LogP contribution in [0.1, 0.15) is 54.5 Å². The fraction of sp³-hybridized carbons (Fsp3) is 0.250. The highest BCUT2D eigenvalue weighted by molar-refractivity contribution is 6.07. The van der Waals surface area contributed by atoms with Gasteiger partial charge in [-0.2, -0.15) is 5.10 Å². The van der Waals surface area contributed by atoms with Gasteiger partial charge in [0.2, 0.25) is 0 Å². The number of aryl methyl sites for hydroxylation is 1. The van der Waals surface area contributed by atoms with Crippen molar-refractivity contribution in [2.75, 3.05) is 29.0 Å². The van der Waals surface area contributed by atoms with E-state index in [9.17, 15) is 14.7 Å². The largest absolute Gasteiger partial charge is 0.488 e. The Hall–Kier alpha value is -6.34. The summed E-state index contributed by atoms with van der Waals surface area (Å²) in [6.45, 7) is 9.34. The Morgan fingerprint density at radius 2 is 1.74 bits per heavy atom. The number of nitrogens with zero attached hydrogens (tertiary/aromatic N) is 6. The molecule has 7 rings (SSSR count). The fourth-order valence-corrected chi connectivity index (χ4v) is 6.09. The van der Waals surface area contributed by atoms with E-state index >= 15 is 0 Å². The number of hydrogen-bond acceptors (Lipinski definition) is 9. The molecule has 0 spiro atoms. The van der Waals surface area contributed by atoms with E-state index in [2.05, 4.69) is 51.7 Å². The molecule has 53 heavy (non-hydrogen) atoms. The van der Waals surface area contributed by atoms with Gasteiger partial charge < -0.3 is 25.4 Å². The summed E-state index contributed by atoms with van der Waals surface area (Å²) in [4.78, 5) is 40.7. The normalized spacial score (nSPS) is 14.3. The average molecular weight is 712 g/mol. The molecule has 3 aromatic heterocycles. The first-order chi connectivity index (χ1) is 25.5. The van der Waals surface area contributed by atoms with E-state index < -0.39 is 12.1 Å². The molecule has 0 unspecified atom stereocenters. The highest BCUT2D eigenvalue weighted by atomic mass is 16.5. The molecular weight excluding hydrogens is 670 g/mol. The maximum absolute atomic E-state index is 13.5. The molecule has 0 saturated carbocycles. The predicted octanol–water partition coefficient (Wildman–Crippen LogP) is 6.99. The minimum absolute atomic E-state index is 0.216. The van der Waals surface area contributed by atoms with Crippen molar-refractivity contribution in [3.8, 4) is 11.4 Å². The van der Waals surface area contributed by atoms with Crippen molar-refractivity contribution in [2.45, 2.75) is 52.2 Å². The Morgan fingerprint density at radius 1 is 0.906 bits per heavy atom. The van der Waals surface area contributed by atoms with Crippen LogP contribution in [0.5, 0.6) is 5.75 Å². The van der Waals surface area contributed by atoms with Crippen molar-refractivity contribution in [3.05, 3.63) is 120 Å². The average Bonchev–Trinajstić information content (AvgIpc) is 3.78. The Labute approximate surface area is 307 Å². The molecule has 3 amide bonds. The van der Waals surface area contributed by atoms with E-state index in [0.29, 0.717) is 48.4 Å². The molecule has 0 bridgehead atoms. The number of urea groups is 1. The summed E-state index contributed by atoms with van der Waals surface area (Å²) in [5.74, 6) is 1.93. The number of rotatable bonds is 9. The molecule has 3 aromatic carbocycles. The lowest BCUT2D eigenvalue weighted by Gasteiger charge is -2.15. The van der Waals surface area contributed by atoms with Gasteiger partial charge in [-0.05, 0) is 60.9 Å². The van der Waals surface area contributed by atoms with Gasteiger partial charge in [-0.3, -0.25) is 10.1 Å². The number of likely N-dealkylation sites (tertiary alicyclic amines) is 1.